The molecule has 0 radical (unpaired) electrons. The van der Waals surface area contributed by atoms with Crippen LogP contribution in [0, 0.1) is 0 Å². The first-order chi connectivity index (χ1) is 6.52. The molecular formula is C13H18O. The molecule has 1 nitrogen and oxygen atoms in total. The number of hydrogen-bond acceptors (Lipinski definition) is 1. The second kappa shape index (κ2) is 3.01. The maximum atomic E-state index is 6.03. The molecule has 0 saturated heterocycles. The molecule has 0 spiro atoms. The van der Waals surface area contributed by atoms with Crippen molar-refractivity contribution in [1.29, 1.82) is 0 Å². The average Bonchev–Trinajstić information content (AvgIpc) is 2.14. The van der Waals surface area contributed by atoms with Gasteiger partial charge in [0.15, 0.2) is 0 Å². The Bertz CT molecular complexity index is 353. The van der Waals surface area contributed by atoms with Crippen LogP contribution in [0.25, 0.3) is 0 Å². The van der Waals surface area contributed by atoms with Gasteiger partial charge in [-0.1, -0.05) is 12.2 Å². The molecule has 14 heavy (non-hydrogen) atoms. The van der Waals surface area contributed by atoms with Gasteiger partial charge in [0.25, 0.3) is 0 Å². The quantitative estimate of drug-likeness (QED) is 0.565. The lowest BCUT2D eigenvalue weighted by atomic mass is 9.85. The van der Waals surface area contributed by atoms with Gasteiger partial charge in [-0.25, -0.2) is 0 Å². The second-order valence-electron chi connectivity index (χ2n) is 4.64. The van der Waals surface area contributed by atoms with Gasteiger partial charge >= 0.3 is 0 Å². The van der Waals surface area contributed by atoms with Crippen molar-refractivity contribution in [1.82, 2.24) is 0 Å². The van der Waals surface area contributed by atoms with E-state index in [-0.39, 0.29) is 5.60 Å². The maximum Gasteiger partial charge on any atom is 0.124 e. The third kappa shape index (κ3) is 1.31. The molecule has 2 aliphatic rings. The SMILES string of the molecule is CC1=C(C)C(C)(C)OC2=C1C=CCC2. The number of ether oxygens (including phenoxy) is 1. The highest BCUT2D eigenvalue weighted by molar-refractivity contribution is 5.49. The lowest BCUT2D eigenvalue weighted by molar-refractivity contribution is 0.0544. The molecule has 0 unspecified atom stereocenters. The monoisotopic (exact) mass is 190 g/mol. The minimum absolute atomic E-state index is 0.117. The fraction of sp³-hybridized carbons (Fsp3) is 0.538. The van der Waals surface area contributed by atoms with Crippen LogP contribution in [0.2, 0.25) is 0 Å². The van der Waals surface area contributed by atoms with E-state index in [9.17, 15) is 0 Å². The molecule has 1 aliphatic carbocycles. The molecule has 0 atom stereocenters. The van der Waals surface area contributed by atoms with Gasteiger partial charge < -0.3 is 4.74 Å². The fourth-order valence-electron chi connectivity index (χ4n) is 2.12. The van der Waals surface area contributed by atoms with E-state index in [1.807, 2.05) is 0 Å². The molecule has 0 saturated carbocycles. The van der Waals surface area contributed by atoms with Crippen LogP contribution in [0.5, 0.6) is 0 Å². The highest BCUT2D eigenvalue weighted by atomic mass is 16.5. The Morgan fingerprint density at radius 2 is 2.00 bits per heavy atom. The molecule has 0 aromatic heterocycles. The van der Waals surface area contributed by atoms with E-state index in [1.165, 1.54) is 22.5 Å². The van der Waals surface area contributed by atoms with Gasteiger partial charge in [0.2, 0.25) is 0 Å². The summed E-state index contributed by atoms with van der Waals surface area (Å²) in [4.78, 5) is 0. The predicted molar refractivity (Wildman–Crippen MR) is 58.9 cm³/mol. The smallest absolute Gasteiger partial charge is 0.124 e. The van der Waals surface area contributed by atoms with Crippen LogP contribution >= 0.6 is 0 Å². The minimum atomic E-state index is -0.117. The molecular weight excluding hydrogens is 172 g/mol. The summed E-state index contributed by atoms with van der Waals surface area (Å²) in [6.45, 7) is 8.66. The van der Waals surface area contributed by atoms with Crippen molar-refractivity contribution < 1.29 is 4.74 Å². The zero-order chi connectivity index (χ0) is 10.3. The molecule has 1 heteroatoms. The van der Waals surface area contributed by atoms with Crippen LogP contribution in [0.15, 0.2) is 34.6 Å². The molecule has 0 bridgehead atoms. The summed E-state index contributed by atoms with van der Waals surface area (Å²) in [6, 6.07) is 0. The van der Waals surface area contributed by atoms with Crippen LogP contribution < -0.4 is 0 Å². The normalized spacial score (nSPS) is 24.9. The van der Waals surface area contributed by atoms with E-state index in [1.54, 1.807) is 0 Å². The zero-order valence-corrected chi connectivity index (χ0v) is 9.48. The summed E-state index contributed by atoms with van der Waals surface area (Å²) in [6.07, 6.45) is 6.60. The zero-order valence-electron chi connectivity index (χ0n) is 9.48. The maximum absolute atomic E-state index is 6.03. The average molecular weight is 190 g/mol. The topological polar surface area (TPSA) is 9.23 Å². The Hall–Kier alpha value is -0.980. The van der Waals surface area contributed by atoms with E-state index in [0.29, 0.717) is 0 Å². The van der Waals surface area contributed by atoms with Crippen LogP contribution in [-0.2, 0) is 4.74 Å². The van der Waals surface area contributed by atoms with E-state index in [0.717, 1.165) is 12.8 Å². The molecule has 1 aliphatic heterocycles. The first-order valence-corrected chi connectivity index (χ1v) is 5.29. The first kappa shape index (κ1) is 9.57. The molecule has 2 rings (SSSR count). The van der Waals surface area contributed by atoms with Gasteiger partial charge in [0.05, 0.1) is 0 Å². The van der Waals surface area contributed by atoms with Gasteiger partial charge in [-0.2, -0.15) is 0 Å². The van der Waals surface area contributed by atoms with E-state index < -0.39 is 0 Å². The Balaban J connectivity index is 2.50. The van der Waals surface area contributed by atoms with Crippen LogP contribution in [0.1, 0.15) is 40.5 Å². The molecule has 0 amide bonds. The Kier molecular flexibility index (Phi) is 2.06. The minimum Gasteiger partial charge on any atom is -0.487 e. The summed E-state index contributed by atoms with van der Waals surface area (Å²) in [5, 5.41) is 0. The number of allylic oxidation sites excluding steroid dienone is 5. The second-order valence-corrected chi connectivity index (χ2v) is 4.64. The van der Waals surface area contributed by atoms with Crippen molar-refractivity contribution in [2.45, 2.75) is 46.1 Å². The lowest BCUT2D eigenvalue weighted by Gasteiger charge is -2.37. The number of hydrogen-bond donors (Lipinski definition) is 0. The standard InChI is InChI=1S/C13H18O/c1-9-10(2)13(3,4)14-12-8-6-5-7-11(9)12/h5,7H,6,8H2,1-4H3. The largest absolute Gasteiger partial charge is 0.487 e. The van der Waals surface area contributed by atoms with Gasteiger partial charge in [-0.15, -0.1) is 0 Å². The van der Waals surface area contributed by atoms with Crippen molar-refractivity contribution >= 4 is 0 Å². The highest BCUT2D eigenvalue weighted by Gasteiger charge is 2.31. The van der Waals surface area contributed by atoms with Gasteiger partial charge in [-0.05, 0) is 45.3 Å². The molecule has 0 aromatic carbocycles. The van der Waals surface area contributed by atoms with E-state index in [4.69, 9.17) is 4.74 Å². The van der Waals surface area contributed by atoms with Gasteiger partial charge in [0, 0.05) is 12.0 Å². The Labute approximate surface area is 86.2 Å². The number of rotatable bonds is 0. The van der Waals surface area contributed by atoms with Crippen LogP contribution in [-0.4, -0.2) is 5.60 Å². The summed E-state index contributed by atoms with van der Waals surface area (Å²) in [7, 11) is 0. The molecule has 1 heterocycles. The molecule has 76 valence electrons. The van der Waals surface area contributed by atoms with Crippen molar-refractivity contribution in [2.24, 2.45) is 0 Å². The Morgan fingerprint density at radius 1 is 1.29 bits per heavy atom. The van der Waals surface area contributed by atoms with Crippen molar-refractivity contribution in [3.8, 4) is 0 Å². The summed E-state index contributed by atoms with van der Waals surface area (Å²) < 4.78 is 6.03. The van der Waals surface area contributed by atoms with Gasteiger partial charge in [-0.3, -0.25) is 0 Å². The summed E-state index contributed by atoms with van der Waals surface area (Å²) >= 11 is 0. The summed E-state index contributed by atoms with van der Waals surface area (Å²) in [5.74, 6) is 1.18. The molecule has 0 fully saturated rings. The summed E-state index contributed by atoms with van der Waals surface area (Å²) in [5.41, 5.74) is 3.94. The Morgan fingerprint density at radius 3 is 2.71 bits per heavy atom. The first-order valence-electron chi connectivity index (χ1n) is 5.29. The third-order valence-electron chi connectivity index (χ3n) is 3.37. The predicted octanol–water partition coefficient (Wildman–Crippen LogP) is 3.74. The van der Waals surface area contributed by atoms with Crippen LogP contribution in [0.4, 0.5) is 0 Å². The van der Waals surface area contributed by atoms with Crippen molar-refractivity contribution in [3.05, 3.63) is 34.6 Å². The fourth-order valence-corrected chi connectivity index (χ4v) is 2.12. The van der Waals surface area contributed by atoms with Crippen LogP contribution in [0.3, 0.4) is 0 Å². The van der Waals surface area contributed by atoms with E-state index >= 15 is 0 Å². The van der Waals surface area contributed by atoms with Crippen molar-refractivity contribution in [2.75, 3.05) is 0 Å². The molecule has 0 aromatic rings. The third-order valence-corrected chi connectivity index (χ3v) is 3.37. The van der Waals surface area contributed by atoms with Crippen molar-refractivity contribution in [3.63, 3.8) is 0 Å². The highest BCUT2D eigenvalue weighted by Crippen LogP contribution is 2.39. The van der Waals surface area contributed by atoms with Gasteiger partial charge in [0.1, 0.15) is 11.4 Å². The molecule has 0 N–H and O–H groups in total. The lowest BCUT2D eigenvalue weighted by Crippen LogP contribution is -2.31. The van der Waals surface area contributed by atoms with E-state index in [2.05, 4.69) is 39.8 Å².